The van der Waals surface area contributed by atoms with Gasteiger partial charge < -0.3 is 10.0 Å². The molecule has 1 heterocycles. The van der Waals surface area contributed by atoms with E-state index in [9.17, 15) is 5.11 Å². The minimum atomic E-state index is 0.299. The van der Waals surface area contributed by atoms with Crippen LogP contribution in [-0.2, 0) is 19.4 Å². The third kappa shape index (κ3) is 4.07. The second-order valence-corrected chi connectivity index (χ2v) is 5.14. The van der Waals surface area contributed by atoms with Crippen molar-refractivity contribution in [1.29, 1.82) is 0 Å². The van der Waals surface area contributed by atoms with E-state index in [1.807, 2.05) is 24.3 Å². The Labute approximate surface area is 114 Å². The predicted molar refractivity (Wildman–Crippen MR) is 76.3 cm³/mol. The molecule has 2 aromatic rings. The molecule has 2 rings (SSSR count). The van der Waals surface area contributed by atoms with E-state index in [0.29, 0.717) is 5.75 Å². The molecule has 0 fully saturated rings. The Balaban J connectivity index is 2.06. The van der Waals surface area contributed by atoms with Gasteiger partial charge in [0, 0.05) is 0 Å². The van der Waals surface area contributed by atoms with Crippen molar-refractivity contribution in [3.63, 3.8) is 0 Å². The van der Waals surface area contributed by atoms with Gasteiger partial charge in [-0.2, -0.15) is 0 Å². The van der Waals surface area contributed by atoms with Gasteiger partial charge in [-0.05, 0) is 30.5 Å². The van der Waals surface area contributed by atoms with E-state index in [1.165, 1.54) is 10.5 Å². The lowest BCUT2D eigenvalue weighted by molar-refractivity contribution is -0.873. The van der Waals surface area contributed by atoms with Crippen molar-refractivity contribution in [3.05, 3.63) is 59.4 Å². The summed E-state index contributed by atoms with van der Waals surface area (Å²) in [6.07, 6.45) is 1.67. The molecule has 3 nitrogen and oxygen atoms in total. The van der Waals surface area contributed by atoms with E-state index >= 15 is 0 Å². The second-order valence-electron chi connectivity index (χ2n) is 5.14. The molecule has 0 spiro atoms. The van der Waals surface area contributed by atoms with Crippen molar-refractivity contribution in [2.75, 3.05) is 14.1 Å². The number of rotatable bonds is 5. The molecule has 2 N–H and O–H groups in total. The van der Waals surface area contributed by atoms with Crippen molar-refractivity contribution >= 4 is 0 Å². The molecule has 0 atom stereocenters. The first kappa shape index (κ1) is 13.6. The topological polar surface area (TPSA) is 37.6 Å². The van der Waals surface area contributed by atoms with Crippen molar-refractivity contribution in [1.82, 2.24) is 4.98 Å². The fourth-order valence-electron chi connectivity index (χ4n) is 2.09. The van der Waals surface area contributed by atoms with Crippen molar-refractivity contribution in [2.24, 2.45) is 0 Å². The van der Waals surface area contributed by atoms with E-state index < -0.39 is 0 Å². The van der Waals surface area contributed by atoms with E-state index in [0.717, 1.165) is 30.8 Å². The number of nitrogens with zero attached hydrogens (tertiary/aromatic N) is 1. The first-order chi connectivity index (χ1) is 9.15. The number of benzene rings is 1. The number of aryl methyl sites for hydroxylation is 2. The highest BCUT2D eigenvalue weighted by Gasteiger charge is 2.07. The summed E-state index contributed by atoms with van der Waals surface area (Å²) < 4.78 is 0. The summed E-state index contributed by atoms with van der Waals surface area (Å²) in [6.45, 7) is 0.874. The van der Waals surface area contributed by atoms with Gasteiger partial charge in [0.2, 0.25) is 0 Å². The van der Waals surface area contributed by atoms with Gasteiger partial charge in [0.05, 0.1) is 25.5 Å². The molecule has 1 aromatic carbocycles. The Hall–Kier alpha value is -1.87. The molecule has 0 radical (unpaired) electrons. The number of pyridine rings is 1. The van der Waals surface area contributed by atoms with Crippen molar-refractivity contribution in [2.45, 2.75) is 19.4 Å². The monoisotopic (exact) mass is 257 g/mol. The molecule has 0 amide bonds. The Kier molecular flexibility index (Phi) is 4.53. The first-order valence-corrected chi connectivity index (χ1v) is 6.66. The van der Waals surface area contributed by atoms with Gasteiger partial charge in [-0.15, -0.1) is 0 Å². The molecule has 0 aliphatic carbocycles. The first-order valence-electron chi connectivity index (χ1n) is 6.66. The van der Waals surface area contributed by atoms with E-state index in [4.69, 9.17) is 0 Å². The fourth-order valence-corrected chi connectivity index (χ4v) is 2.09. The van der Waals surface area contributed by atoms with Crippen LogP contribution >= 0.6 is 0 Å². The van der Waals surface area contributed by atoms with Crippen LogP contribution < -0.4 is 4.90 Å². The van der Waals surface area contributed by atoms with E-state index in [2.05, 4.69) is 31.2 Å². The highest BCUT2D eigenvalue weighted by molar-refractivity contribution is 5.29. The minimum absolute atomic E-state index is 0.299. The van der Waals surface area contributed by atoms with Crippen LogP contribution in [0.2, 0.25) is 0 Å². The molecule has 0 saturated heterocycles. The van der Waals surface area contributed by atoms with Crippen LogP contribution in [0.3, 0.4) is 0 Å². The van der Waals surface area contributed by atoms with Crippen LogP contribution in [0.25, 0.3) is 0 Å². The van der Waals surface area contributed by atoms with Crippen LogP contribution in [0.5, 0.6) is 5.75 Å². The molecule has 100 valence electrons. The lowest BCUT2D eigenvalue weighted by Gasteiger charge is -2.09. The van der Waals surface area contributed by atoms with Crippen LogP contribution in [0.15, 0.2) is 42.5 Å². The van der Waals surface area contributed by atoms with Gasteiger partial charge in [-0.25, -0.2) is 4.98 Å². The van der Waals surface area contributed by atoms with Gasteiger partial charge in [0.1, 0.15) is 12.3 Å². The van der Waals surface area contributed by atoms with E-state index in [1.54, 1.807) is 6.07 Å². The molecular formula is C16H21N2O+. The summed E-state index contributed by atoms with van der Waals surface area (Å²) in [5.41, 5.74) is 3.09. The second kappa shape index (κ2) is 6.34. The number of nitrogens with one attached hydrogen (secondary N) is 1. The molecule has 0 unspecified atom stereocenters. The smallest absolute Gasteiger partial charge is 0.137 e. The standard InChI is InChI=1S/C16H20N2O/c1-18(2)12-14-9-11-16(19)15(17-14)10-8-13-6-4-3-5-7-13/h3-7,9,11,19H,8,10,12H2,1-2H3/p+1. The molecule has 0 aliphatic heterocycles. The third-order valence-electron chi connectivity index (χ3n) is 3.04. The number of hydrogen-bond acceptors (Lipinski definition) is 2. The molecule has 0 saturated carbocycles. The summed E-state index contributed by atoms with van der Waals surface area (Å²) in [7, 11) is 4.19. The highest BCUT2D eigenvalue weighted by Crippen LogP contribution is 2.17. The average Bonchev–Trinajstić information content (AvgIpc) is 2.40. The normalized spacial score (nSPS) is 10.9. The van der Waals surface area contributed by atoms with Crippen LogP contribution in [0.4, 0.5) is 0 Å². The summed E-state index contributed by atoms with van der Waals surface area (Å²) in [5, 5.41) is 9.88. The summed E-state index contributed by atoms with van der Waals surface area (Å²) >= 11 is 0. The molecule has 0 bridgehead atoms. The fraction of sp³-hybridized carbons (Fsp3) is 0.312. The van der Waals surface area contributed by atoms with Crippen LogP contribution in [0.1, 0.15) is 17.0 Å². The third-order valence-corrected chi connectivity index (χ3v) is 3.04. The van der Waals surface area contributed by atoms with Gasteiger partial charge in [0.25, 0.3) is 0 Å². The van der Waals surface area contributed by atoms with Crippen LogP contribution in [-0.4, -0.2) is 24.2 Å². The van der Waals surface area contributed by atoms with Crippen molar-refractivity contribution < 1.29 is 10.0 Å². The zero-order valence-corrected chi connectivity index (χ0v) is 11.6. The zero-order valence-electron chi connectivity index (χ0n) is 11.6. The molecular weight excluding hydrogens is 236 g/mol. The average molecular weight is 257 g/mol. The number of hydrogen-bond donors (Lipinski definition) is 2. The Morgan fingerprint density at radius 2 is 1.74 bits per heavy atom. The highest BCUT2D eigenvalue weighted by atomic mass is 16.3. The minimum Gasteiger partial charge on any atom is -0.506 e. The largest absolute Gasteiger partial charge is 0.506 e. The summed E-state index contributed by atoms with van der Waals surface area (Å²) in [6, 6.07) is 13.9. The van der Waals surface area contributed by atoms with Gasteiger partial charge in [-0.1, -0.05) is 30.3 Å². The van der Waals surface area contributed by atoms with E-state index in [-0.39, 0.29) is 0 Å². The maximum atomic E-state index is 9.88. The Bertz CT molecular complexity index is 524. The summed E-state index contributed by atoms with van der Waals surface area (Å²) in [5.74, 6) is 0.299. The zero-order chi connectivity index (χ0) is 13.7. The SMILES string of the molecule is C[NH+](C)Cc1ccc(O)c(CCc2ccccc2)n1. The number of aromatic hydroxyl groups is 1. The maximum Gasteiger partial charge on any atom is 0.137 e. The van der Waals surface area contributed by atoms with Crippen molar-refractivity contribution in [3.8, 4) is 5.75 Å². The number of aromatic nitrogens is 1. The molecule has 3 heteroatoms. The molecule has 19 heavy (non-hydrogen) atoms. The van der Waals surface area contributed by atoms with Gasteiger partial charge in [0.15, 0.2) is 0 Å². The quantitative estimate of drug-likeness (QED) is 0.845. The van der Waals surface area contributed by atoms with Crippen LogP contribution in [0, 0.1) is 0 Å². The Morgan fingerprint density at radius 3 is 2.42 bits per heavy atom. The molecule has 0 aliphatic rings. The Morgan fingerprint density at radius 1 is 1.00 bits per heavy atom. The summed E-state index contributed by atoms with van der Waals surface area (Å²) in [4.78, 5) is 5.88. The lowest BCUT2D eigenvalue weighted by Crippen LogP contribution is -3.04. The van der Waals surface area contributed by atoms with Gasteiger partial charge >= 0.3 is 0 Å². The maximum absolute atomic E-state index is 9.88. The number of quaternary nitrogens is 1. The lowest BCUT2D eigenvalue weighted by atomic mass is 10.1. The van der Waals surface area contributed by atoms with Gasteiger partial charge in [-0.3, -0.25) is 0 Å². The predicted octanol–water partition coefficient (Wildman–Crippen LogP) is 1.22. The molecule has 1 aromatic heterocycles.